The van der Waals surface area contributed by atoms with Crippen LogP contribution in [0.5, 0.6) is 0 Å². The van der Waals surface area contributed by atoms with Gasteiger partial charge in [-0.3, -0.25) is 4.79 Å². The molecule has 0 saturated carbocycles. The Morgan fingerprint density at radius 1 is 1.44 bits per heavy atom. The number of carbonyl (C=O) groups excluding carboxylic acids is 1. The SMILES string of the molecule is Cc1ccc(C(=O)N/N=C/c2cccs2)cc1Br. The summed E-state index contributed by atoms with van der Waals surface area (Å²) in [6.07, 6.45) is 1.63. The molecular formula is C13H11BrN2OS. The minimum absolute atomic E-state index is 0.219. The molecule has 3 nitrogen and oxygen atoms in total. The molecule has 1 aromatic heterocycles. The van der Waals surface area contributed by atoms with E-state index in [9.17, 15) is 4.79 Å². The summed E-state index contributed by atoms with van der Waals surface area (Å²) < 4.78 is 0.914. The number of aryl methyl sites for hydroxylation is 1. The van der Waals surface area contributed by atoms with Crippen molar-refractivity contribution in [1.29, 1.82) is 0 Å². The fraction of sp³-hybridized carbons (Fsp3) is 0.0769. The van der Waals surface area contributed by atoms with Crippen molar-refractivity contribution in [2.24, 2.45) is 5.10 Å². The van der Waals surface area contributed by atoms with Crippen LogP contribution in [0, 0.1) is 6.92 Å². The number of amides is 1. The lowest BCUT2D eigenvalue weighted by Crippen LogP contribution is -2.17. The Morgan fingerprint density at radius 3 is 2.94 bits per heavy atom. The number of thiophene rings is 1. The standard InChI is InChI=1S/C13H11BrN2OS/c1-9-4-5-10(7-12(9)14)13(17)16-15-8-11-3-2-6-18-11/h2-8H,1H3,(H,16,17)/b15-8+. The summed E-state index contributed by atoms with van der Waals surface area (Å²) in [5, 5.41) is 5.87. The van der Waals surface area contributed by atoms with Gasteiger partial charge in [0.25, 0.3) is 5.91 Å². The van der Waals surface area contributed by atoms with Crippen molar-refractivity contribution in [3.05, 3.63) is 56.2 Å². The Balaban J connectivity index is 2.01. The normalized spacial score (nSPS) is 10.8. The fourth-order valence-corrected chi connectivity index (χ4v) is 2.28. The molecule has 1 aromatic carbocycles. The van der Waals surface area contributed by atoms with Gasteiger partial charge in [-0.15, -0.1) is 11.3 Å². The Morgan fingerprint density at radius 2 is 2.28 bits per heavy atom. The maximum absolute atomic E-state index is 11.8. The zero-order chi connectivity index (χ0) is 13.0. The van der Waals surface area contributed by atoms with Crippen molar-refractivity contribution in [3.8, 4) is 0 Å². The Bertz CT molecular complexity index is 579. The second-order valence-corrected chi connectivity index (χ2v) is 5.51. The number of hydrogen-bond donors (Lipinski definition) is 1. The molecule has 1 N–H and O–H groups in total. The van der Waals surface area contributed by atoms with Gasteiger partial charge in [0.1, 0.15) is 0 Å². The first-order valence-electron chi connectivity index (χ1n) is 5.30. The fourth-order valence-electron chi connectivity index (χ4n) is 1.32. The molecule has 18 heavy (non-hydrogen) atoms. The third kappa shape index (κ3) is 3.27. The van der Waals surface area contributed by atoms with Crippen LogP contribution >= 0.6 is 27.3 Å². The molecule has 0 radical (unpaired) electrons. The molecular weight excluding hydrogens is 312 g/mol. The number of hydrogen-bond acceptors (Lipinski definition) is 3. The van der Waals surface area contributed by atoms with Gasteiger partial charge >= 0.3 is 0 Å². The van der Waals surface area contributed by atoms with Crippen LogP contribution in [0.15, 0.2) is 45.3 Å². The first-order chi connectivity index (χ1) is 8.66. The zero-order valence-corrected chi connectivity index (χ0v) is 12.1. The highest BCUT2D eigenvalue weighted by molar-refractivity contribution is 9.10. The summed E-state index contributed by atoms with van der Waals surface area (Å²) in [4.78, 5) is 12.8. The smallest absolute Gasteiger partial charge is 0.267 e. The number of rotatable bonds is 3. The molecule has 0 aliphatic heterocycles. The monoisotopic (exact) mass is 322 g/mol. The highest BCUT2D eigenvalue weighted by atomic mass is 79.9. The third-order valence-electron chi connectivity index (χ3n) is 2.34. The summed E-state index contributed by atoms with van der Waals surface area (Å²) in [6, 6.07) is 9.32. The summed E-state index contributed by atoms with van der Waals surface area (Å²) in [6.45, 7) is 1.97. The van der Waals surface area contributed by atoms with Crippen LogP contribution in [0.3, 0.4) is 0 Å². The lowest BCUT2D eigenvalue weighted by molar-refractivity contribution is 0.0955. The van der Waals surface area contributed by atoms with Gasteiger partial charge in [-0.05, 0) is 36.1 Å². The van der Waals surface area contributed by atoms with Crippen molar-refractivity contribution in [3.63, 3.8) is 0 Å². The van der Waals surface area contributed by atoms with E-state index < -0.39 is 0 Å². The van der Waals surface area contributed by atoms with Crippen LogP contribution in [0.25, 0.3) is 0 Å². The average Bonchev–Trinajstić information content (AvgIpc) is 2.85. The summed E-state index contributed by atoms with van der Waals surface area (Å²) in [5.41, 5.74) is 4.17. The van der Waals surface area contributed by atoms with E-state index in [0.717, 1.165) is 14.9 Å². The van der Waals surface area contributed by atoms with E-state index >= 15 is 0 Å². The largest absolute Gasteiger partial charge is 0.271 e. The van der Waals surface area contributed by atoms with Gasteiger partial charge in [-0.1, -0.05) is 28.1 Å². The average molecular weight is 323 g/mol. The third-order valence-corrected chi connectivity index (χ3v) is 4.00. The molecule has 1 amide bonds. The summed E-state index contributed by atoms with van der Waals surface area (Å²) >= 11 is 4.96. The molecule has 0 aliphatic carbocycles. The van der Waals surface area contributed by atoms with Gasteiger partial charge in [0.05, 0.1) is 6.21 Å². The second kappa shape index (κ2) is 5.93. The van der Waals surface area contributed by atoms with E-state index in [1.54, 1.807) is 29.7 Å². The quantitative estimate of drug-likeness (QED) is 0.681. The number of nitrogens with zero attached hydrogens (tertiary/aromatic N) is 1. The van der Waals surface area contributed by atoms with Crippen molar-refractivity contribution >= 4 is 39.4 Å². The number of hydrazone groups is 1. The minimum Gasteiger partial charge on any atom is -0.267 e. The Hall–Kier alpha value is -1.46. The number of halogens is 1. The Kier molecular flexibility index (Phi) is 4.28. The molecule has 0 aliphatic rings. The van der Waals surface area contributed by atoms with Crippen LogP contribution in [0.4, 0.5) is 0 Å². The molecule has 1 heterocycles. The lowest BCUT2D eigenvalue weighted by atomic mass is 10.1. The minimum atomic E-state index is -0.219. The van der Waals surface area contributed by atoms with E-state index in [0.29, 0.717) is 5.56 Å². The maximum Gasteiger partial charge on any atom is 0.271 e. The molecule has 2 rings (SSSR count). The predicted octanol–water partition coefficient (Wildman–Crippen LogP) is 3.58. The molecule has 0 atom stereocenters. The first kappa shape index (κ1) is 13.0. The maximum atomic E-state index is 11.8. The molecule has 2 aromatic rings. The van der Waals surface area contributed by atoms with Crippen molar-refractivity contribution < 1.29 is 4.79 Å². The van der Waals surface area contributed by atoms with Gasteiger partial charge in [-0.2, -0.15) is 5.10 Å². The molecule has 0 spiro atoms. The molecule has 5 heteroatoms. The first-order valence-corrected chi connectivity index (χ1v) is 6.97. The lowest BCUT2D eigenvalue weighted by Gasteiger charge is -2.02. The van der Waals surface area contributed by atoms with Gasteiger partial charge in [0.2, 0.25) is 0 Å². The van der Waals surface area contributed by atoms with Crippen LogP contribution in [-0.2, 0) is 0 Å². The van der Waals surface area contributed by atoms with Crippen molar-refractivity contribution in [1.82, 2.24) is 5.43 Å². The van der Waals surface area contributed by atoms with E-state index in [-0.39, 0.29) is 5.91 Å². The van der Waals surface area contributed by atoms with E-state index in [1.807, 2.05) is 30.5 Å². The molecule has 92 valence electrons. The van der Waals surface area contributed by atoms with Gasteiger partial charge in [-0.25, -0.2) is 5.43 Å². The van der Waals surface area contributed by atoms with E-state index in [2.05, 4.69) is 26.5 Å². The zero-order valence-electron chi connectivity index (χ0n) is 9.68. The molecule has 0 bridgehead atoms. The van der Waals surface area contributed by atoms with Crippen molar-refractivity contribution in [2.45, 2.75) is 6.92 Å². The molecule has 0 unspecified atom stereocenters. The van der Waals surface area contributed by atoms with Crippen LogP contribution in [0.1, 0.15) is 20.8 Å². The van der Waals surface area contributed by atoms with Crippen LogP contribution in [-0.4, -0.2) is 12.1 Å². The van der Waals surface area contributed by atoms with E-state index in [1.165, 1.54) is 0 Å². The van der Waals surface area contributed by atoms with E-state index in [4.69, 9.17) is 0 Å². The molecule has 0 saturated heterocycles. The topological polar surface area (TPSA) is 41.5 Å². The highest BCUT2D eigenvalue weighted by Crippen LogP contribution is 2.17. The number of nitrogens with one attached hydrogen (secondary N) is 1. The van der Waals surface area contributed by atoms with Gasteiger partial charge in [0, 0.05) is 14.9 Å². The highest BCUT2D eigenvalue weighted by Gasteiger charge is 2.05. The second-order valence-electron chi connectivity index (χ2n) is 3.68. The molecule has 0 fully saturated rings. The summed E-state index contributed by atoms with van der Waals surface area (Å²) in [5.74, 6) is -0.219. The van der Waals surface area contributed by atoms with Gasteiger partial charge in [0.15, 0.2) is 0 Å². The summed E-state index contributed by atoms with van der Waals surface area (Å²) in [7, 11) is 0. The van der Waals surface area contributed by atoms with Gasteiger partial charge < -0.3 is 0 Å². The number of carbonyl (C=O) groups is 1. The van der Waals surface area contributed by atoms with Crippen LogP contribution in [0.2, 0.25) is 0 Å². The predicted molar refractivity (Wildman–Crippen MR) is 78.3 cm³/mol. The van der Waals surface area contributed by atoms with Crippen LogP contribution < -0.4 is 5.43 Å². The Labute approximate surface area is 118 Å². The number of benzene rings is 1. The van der Waals surface area contributed by atoms with Crippen molar-refractivity contribution in [2.75, 3.05) is 0 Å².